The summed E-state index contributed by atoms with van der Waals surface area (Å²) in [5, 5.41) is 10.8. The Hall–Kier alpha value is -1.60. The van der Waals surface area contributed by atoms with Gasteiger partial charge in [0, 0.05) is 12.1 Å². The summed E-state index contributed by atoms with van der Waals surface area (Å²) < 4.78 is 0. The van der Waals surface area contributed by atoms with Crippen molar-refractivity contribution in [1.29, 1.82) is 0 Å². The summed E-state index contributed by atoms with van der Waals surface area (Å²) >= 11 is 1.61. The Kier molecular flexibility index (Phi) is 5.17. The molecule has 1 aromatic rings. The molecule has 2 heterocycles. The third-order valence-electron chi connectivity index (χ3n) is 4.62. The molecule has 1 atom stereocenters. The zero-order chi connectivity index (χ0) is 16.2. The van der Waals surface area contributed by atoms with Crippen LogP contribution in [0.25, 0.3) is 0 Å². The number of hydrogen-bond donors (Lipinski definition) is 1. The molecular weight excluding hydrogens is 314 g/mol. The van der Waals surface area contributed by atoms with E-state index in [9.17, 15) is 14.9 Å². The maximum Gasteiger partial charge on any atom is 0.269 e. The lowest BCUT2D eigenvalue weighted by Crippen LogP contribution is -3.13. The molecule has 124 valence electrons. The number of benzene rings is 1. The van der Waals surface area contributed by atoms with Crippen LogP contribution in [0.5, 0.6) is 0 Å². The van der Waals surface area contributed by atoms with Gasteiger partial charge in [-0.3, -0.25) is 14.9 Å². The Morgan fingerprint density at radius 3 is 2.57 bits per heavy atom. The van der Waals surface area contributed by atoms with E-state index in [-0.39, 0.29) is 17.0 Å². The minimum absolute atomic E-state index is 0.00695. The number of nitrogens with zero attached hydrogens (tertiary/aromatic N) is 2. The summed E-state index contributed by atoms with van der Waals surface area (Å²) in [5.74, 6) is 0.673. The molecule has 0 bridgehead atoms. The predicted octanol–water partition coefficient (Wildman–Crippen LogP) is 1.24. The van der Waals surface area contributed by atoms with Crippen LogP contribution >= 0.6 is 11.8 Å². The Bertz CT molecular complexity index is 572. The van der Waals surface area contributed by atoms with Gasteiger partial charge in [-0.05, 0) is 37.0 Å². The molecule has 23 heavy (non-hydrogen) atoms. The molecule has 6 nitrogen and oxygen atoms in total. The van der Waals surface area contributed by atoms with Gasteiger partial charge in [-0.1, -0.05) is 0 Å². The number of nitro benzene ring substituents is 1. The molecule has 7 heteroatoms. The van der Waals surface area contributed by atoms with E-state index in [0.717, 1.165) is 18.7 Å². The van der Waals surface area contributed by atoms with Crippen LogP contribution in [0.3, 0.4) is 0 Å². The summed E-state index contributed by atoms with van der Waals surface area (Å²) in [4.78, 5) is 26.1. The summed E-state index contributed by atoms with van der Waals surface area (Å²) in [6, 6.07) is 6.59. The number of non-ortho nitro benzene ring substituents is 1. The van der Waals surface area contributed by atoms with E-state index in [1.54, 1.807) is 28.8 Å². The van der Waals surface area contributed by atoms with E-state index < -0.39 is 4.92 Å². The number of carbonyl (C=O) groups is 1. The van der Waals surface area contributed by atoms with Crippen molar-refractivity contribution in [2.24, 2.45) is 0 Å². The lowest BCUT2D eigenvalue weighted by molar-refractivity contribution is -0.904. The van der Waals surface area contributed by atoms with Crippen molar-refractivity contribution in [2.45, 2.75) is 24.6 Å². The molecule has 0 aromatic heterocycles. The second-order valence-electron chi connectivity index (χ2n) is 6.16. The first-order valence-corrected chi connectivity index (χ1v) is 9.19. The minimum Gasteiger partial charge on any atom is -0.333 e. The fourth-order valence-electron chi connectivity index (χ4n) is 3.31. The molecule has 0 radical (unpaired) electrons. The van der Waals surface area contributed by atoms with Gasteiger partial charge in [-0.2, -0.15) is 0 Å². The molecule has 1 aromatic carbocycles. The molecule has 1 amide bonds. The Morgan fingerprint density at radius 1 is 1.22 bits per heavy atom. The van der Waals surface area contributed by atoms with E-state index in [2.05, 4.69) is 0 Å². The van der Waals surface area contributed by atoms with Gasteiger partial charge < -0.3 is 9.80 Å². The normalized spacial score (nSPS) is 22.5. The van der Waals surface area contributed by atoms with Gasteiger partial charge in [0.1, 0.15) is 5.37 Å². The molecule has 2 aliphatic heterocycles. The highest BCUT2D eigenvalue weighted by molar-refractivity contribution is 8.00. The van der Waals surface area contributed by atoms with Gasteiger partial charge in [-0.15, -0.1) is 11.8 Å². The monoisotopic (exact) mass is 336 g/mol. The zero-order valence-corrected chi connectivity index (χ0v) is 13.9. The smallest absolute Gasteiger partial charge is 0.269 e. The first kappa shape index (κ1) is 16.3. The van der Waals surface area contributed by atoms with E-state index in [0.29, 0.717) is 5.75 Å². The van der Waals surface area contributed by atoms with Crippen LogP contribution in [-0.2, 0) is 4.79 Å². The molecule has 2 saturated heterocycles. The number of thioether (sulfide) groups is 1. The fourth-order valence-corrected chi connectivity index (χ4v) is 4.53. The van der Waals surface area contributed by atoms with Crippen LogP contribution in [0, 0.1) is 10.1 Å². The second kappa shape index (κ2) is 7.31. The lowest BCUT2D eigenvalue weighted by atomic mass is 10.1. The van der Waals surface area contributed by atoms with Gasteiger partial charge >= 0.3 is 0 Å². The van der Waals surface area contributed by atoms with Crippen molar-refractivity contribution in [3.05, 3.63) is 39.9 Å². The molecule has 0 spiro atoms. The number of rotatable bonds is 5. The standard InChI is InChI=1S/C16H21N3O3S/c20-15-12-23-16(13-4-6-14(7-5-13)19(21)22)18(15)11-10-17-8-2-1-3-9-17/h4-7,16H,1-3,8-12H2/p+1. The number of nitrogens with one attached hydrogen (secondary N) is 1. The quantitative estimate of drug-likeness (QED) is 0.649. The van der Waals surface area contributed by atoms with Crippen LogP contribution in [0.15, 0.2) is 24.3 Å². The van der Waals surface area contributed by atoms with Gasteiger partial charge in [0.15, 0.2) is 0 Å². The van der Waals surface area contributed by atoms with Gasteiger partial charge in [0.05, 0.1) is 36.9 Å². The summed E-state index contributed by atoms with van der Waals surface area (Å²) in [6.45, 7) is 4.17. The second-order valence-corrected chi connectivity index (χ2v) is 7.23. The van der Waals surface area contributed by atoms with Crippen molar-refractivity contribution in [1.82, 2.24) is 4.90 Å². The minimum atomic E-state index is -0.395. The van der Waals surface area contributed by atoms with E-state index >= 15 is 0 Å². The van der Waals surface area contributed by atoms with Gasteiger partial charge in [-0.25, -0.2) is 0 Å². The number of hydrogen-bond acceptors (Lipinski definition) is 4. The van der Waals surface area contributed by atoms with Gasteiger partial charge in [0.2, 0.25) is 5.91 Å². The average Bonchev–Trinajstić information content (AvgIpc) is 2.95. The number of likely N-dealkylation sites (tertiary alicyclic amines) is 1. The van der Waals surface area contributed by atoms with Crippen LogP contribution in [0.2, 0.25) is 0 Å². The third kappa shape index (κ3) is 3.84. The van der Waals surface area contributed by atoms with Crippen molar-refractivity contribution in [3.63, 3.8) is 0 Å². The Balaban J connectivity index is 1.65. The predicted molar refractivity (Wildman–Crippen MR) is 89.4 cm³/mol. The number of piperidine rings is 1. The molecule has 2 aliphatic rings. The van der Waals surface area contributed by atoms with E-state index in [1.165, 1.54) is 44.5 Å². The SMILES string of the molecule is O=C1CSC(c2ccc([N+](=O)[O-])cc2)N1CC[NH+]1CCCCC1. The first-order valence-electron chi connectivity index (χ1n) is 8.14. The van der Waals surface area contributed by atoms with Crippen LogP contribution < -0.4 is 4.90 Å². The Morgan fingerprint density at radius 2 is 1.91 bits per heavy atom. The van der Waals surface area contributed by atoms with Crippen molar-refractivity contribution in [2.75, 3.05) is 31.9 Å². The van der Waals surface area contributed by atoms with Crippen LogP contribution in [0.1, 0.15) is 30.2 Å². The number of amides is 1. The van der Waals surface area contributed by atoms with Crippen molar-refractivity contribution < 1.29 is 14.6 Å². The summed E-state index contributed by atoms with van der Waals surface area (Å²) in [7, 11) is 0. The highest BCUT2D eigenvalue weighted by Gasteiger charge is 2.33. The summed E-state index contributed by atoms with van der Waals surface area (Å²) in [6.07, 6.45) is 3.89. The molecular formula is C16H22N3O3S+. The number of nitro groups is 1. The van der Waals surface area contributed by atoms with E-state index in [1.807, 2.05) is 4.90 Å². The fraction of sp³-hybridized carbons (Fsp3) is 0.562. The maximum atomic E-state index is 12.2. The Labute approximate surface area is 140 Å². The molecule has 2 fully saturated rings. The number of carbonyl (C=O) groups excluding carboxylic acids is 1. The topological polar surface area (TPSA) is 67.9 Å². The van der Waals surface area contributed by atoms with Crippen molar-refractivity contribution in [3.8, 4) is 0 Å². The zero-order valence-electron chi connectivity index (χ0n) is 13.1. The molecule has 1 unspecified atom stereocenters. The van der Waals surface area contributed by atoms with Crippen LogP contribution in [0.4, 0.5) is 5.69 Å². The first-order chi connectivity index (χ1) is 11.1. The highest BCUT2D eigenvalue weighted by Crippen LogP contribution is 2.38. The van der Waals surface area contributed by atoms with E-state index in [4.69, 9.17) is 0 Å². The molecule has 0 saturated carbocycles. The number of quaternary nitrogens is 1. The highest BCUT2D eigenvalue weighted by atomic mass is 32.2. The average molecular weight is 336 g/mol. The van der Waals surface area contributed by atoms with Gasteiger partial charge in [0.25, 0.3) is 5.69 Å². The van der Waals surface area contributed by atoms with Crippen LogP contribution in [-0.4, -0.2) is 47.7 Å². The lowest BCUT2D eigenvalue weighted by Gasteiger charge is -2.28. The molecule has 3 rings (SSSR count). The largest absolute Gasteiger partial charge is 0.333 e. The molecule has 1 N–H and O–H groups in total. The summed E-state index contributed by atoms with van der Waals surface area (Å²) in [5.41, 5.74) is 1.06. The van der Waals surface area contributed by atoms with Crippen molar-refractivity contribution >= 4 is 23.4 Å². The third-order valence-corrected chi connectivity index (χ3v) is 5.88. The molecule has 0 aliphatic carbocycles. The maximum absolute atomic E-state index is 12.2.